The Morgan fingerprint density at radius 1 is 1.25 bits per heavy atom. The van der Waals surface area contributed by atoms with Crippen LogP contribution in [0.3, 0.4) is 0 Å². The van der Waals surface area contributed by atoms with Crippen LogP contribution in [-0.2, 0) is 11.3 Å². The average Bonchev–Trinajstić information content (AvgIpc) is 3.07. The van der Waals surface area contributed by atoms with E-state index >= 15 is 0 Å². The van der Waals surface area contributed by atoms with Gasteiger partial charge in [-0.2, -0.15) is 0 Å². The number of nitrogens with one attached hydrogen (secondary N) is 1. The van der Waals surface area contributed by atoms with Gasteiger partial charge in [0.2, 0.25) is 11.1 Å². The van der Waals surface area contributed by atoms with Crippen molar-refractivity contribution in [1.82, 2.24) is 20.2 Å². The largest absolute Gasteiger partial charge is 0.497 e. The van der Waals surface area contributed by atoms with Gasteiger partial charge in [0.25, 0.3) is 0 Å². The summed E-state index contributed by atoms with van der Waals surface area (Å²) in [7, 11) is 1.62. The molecule has 1 amide bonds. The van der Waals surface area contributed by atoms with Gasteiger partial charge >= 0.3 is 0 Å². The molecule has 1 aromatic heterocycles. The number of nitrogens with zero attached hydrogens (tertiary/aromatic N) is 3. The van der Waals surface area contributed by atoms with Gasteiger partial charge in [0.05, 0.1) is 7.11 Å². The molecule has 0 atom stereocenters. The van der Waals surface area contributed by atoms with E-state index in [4.69, 9.17) is 10.6 Å². The van der Waals surface area contributed by atoms with Gasteiger partial charge < -0.3 is 15.9 Å². The third-order valence-corrected chi connectivity index (χ3v) is 5.39. The molecule has 0 bridgehead atoms. The third kappa shape index (κ3) is 5.26. The highest BCUT2D eigenvalue weighted by atomic mass is 79.9. The second-order valence-corrected chi connectivity index (χ2v) is 7.89. The van der Waals surface area contributed by atoms with Crippen LogP contribution >= 0.6 is 27.7 Å². The SMILES string of the molecule is COc1ccc(CNC(=O)CCSc2nnc(-c3cccc(Br)c3)n2N)cc1. The zero-order chi connectivity index (χ0) is 19.9. The van der Waals surface area contributed by atoms with E-state index in [1.807, 2.05) is 48.5 Å². The molecule has 7 nitrogen and oxygen atoms in total. The highest BCUT2D eigenvalue weighted by Crippen LogP contribution is 2.24. The van der Waals surface area contributed by atoms with Crippen molar-refractivity contribution in [3.63, 3.8) is 0 Å². The van der Waals surface area contributed by atoms with Gasteiger partial charge in [-0.25, -0.2) is 4.68 Å². The summed E-state index contributed by atoms with van der Waals surface area (Å²) in [6.07, 6.45) is 0.361. The second-order valence-electron chi connectivity index (χ2n) is 5.91. The smallest absolute Gasteiger partial charge is 0.221 e. The number of nitrogen functional groups attached to an aromatic ring is 1. The number of halogens is 1. The predicted octanol–water partition coefficient (Wildman–Crippen LogP) is 3.23. The summed E-state index contributed by atoms with van der Waals surface area (Å²) in [6.45, 7) is 0.480. The number of methoxy groups -OCH3 is 1. The molecular weight excluding hydrogens is 442 g/mol. The second kappa shape index (κ2) is 9.61. The van der Waals surface area contributed by atoms with Crippen molar-refractivity contribution in [3.8, 4) is 17.1 Å². The molecule has 3 aromatic rings. The van der Waals surface area contributed by atoms with Crippen LogP contribution in [0.25, 0.3) is 11.4 Å². The van der Waals surface area contributed by atoms with Gasteiger partial charge in [-0.1, -0.05) is 52.0 Å². The molecule has 1 heterocycles. The number of ether oxygens (including phenoxy) is 1. The van der Waals surface area contributed by atoms with E-state index in [0.717, 1.165) is 21.3 Å². The maximum Gasteiger partial charge on any atom is 0.221 e. The minimum atomic E-state index is -0.0291. The summed E-state index contributed by atoms with van der Waals surface area (Å²) in [5, 5.41) is 11.7. The fraction of sp³-hybridized carbons (Fsp3) is 0.211. The molecule has 0 fully saturated rings. The maximum atomic E-state index is 12.1. The van der Waals surface area contributed by atoms with E-state index < -0.39 is 0 Å². The van der Waals surface area contributed by atoms with Gasteiger partial charge in [-0.05, 0) is 29.8 Å². The van der Waals surface area contributed by atoms with Crippen molar-refractivity contribution in [2.24, 2.45) is 0 Å². The van der Waals surface area contributed by atoms with Crippen molar-refractivity contribution in [2.75, 3.05) is 18.7 Å². The molecule has 3 N–H and O–H groups in total. The van der Waals surface area contributed by atoms with Crippen molar-refractivity contribution in [3.05, 3.63) is 58.6 Å². The zero-order valence-electron chi connectivity index (χ0n) is 15.3. The molecule has 0 aliphatic carbocycles. The fourth-order valence-electron chi connectivity index (χ4n) is 2.47. The van der Waals surface area contributed by atoms with Gasteiger partial charge in [0.1, 0.15) is 5.75 Å². The van der Waals surface area contributed by atoms with Crippen LogP contribution in [0.15, 0.2) is 58.2 Å². The number of carbonyl (C=O) groups excluding carboxylic acids is 1. The van der Waals surface area contributed by atoms with Crippen molar-refractivity contribution in [2.45, 2.75) is 18.1 Å². The monoisotopic (exact) mass is 461 g/mol. The molecule has 0 saturated heterocycles. The summed E-state index contributed by atoms with van der Waals surface area (Å²) in [6, 6.07) is 15.3. The summed E-state index contributed by atoms with van der Waals surface area (Å²) >= 11 is 4.83. The number of thioether (sulfide) groups is 1. The minimum Gasteiger partial charge on any atom is -0.497 e. The standard InChI is InChI=1S/C19H20BrN5O2S/c1-27-16-7-5-13(6-8-16)12-22-17(26)9-10-28-19-24-23-18(25(19)21)14-3-2-4-15(20)11-14/h2-8,11H,9-10,12,21H2,1H3,(H,22,26). The number of nitrogens with two attached hydrogens (primary N) is 1. The molecule has 0 spiro atoms. The van der Waals surface area contributed by atoms with Crippen molar-refractivity contribution in [1.29, 1.82) is 0 Å². The molecule has 146 valence electrons. The number of carbonyl (C=O) groups is 1. The Labute approximate surface area is 175 Å². The molecular formula is C19H20BrN5O2S. The van der Waals surface area contributed by atoms with E-state index in [1.54, 1.807) is 7.11 Å². The van der Waals surface area contributed by atoms with Crippen LogP contribution in [0.5, 0.6) is 5.75 Å². The number of hydrogen-bond donors (Lipinski definition) is 2. The number of benzene rings is 2. The van der Waals surface area contributed by atoms with E-state index in [2.05, 4.69) is 31.4 Å². The molecule has 0 unspecified atom stereocenters. The fourth-order valence-corrected chi connectivity index (χ4v) is 3.66. The van der Waals surface area contributed by atoms with E-state index in [-0.39, 0.29) is 5.91 Å². The summed E-state index contributed by atoms with van der Waals surface area (Å²) in [5.41, 5.74) is 1.88. The van der Waals surface area contributed by atoms with Gasteiger partial charge in [-0.3, -0.25) is 4.79 Å². The average molecular weight is 462 g/mol. The lowest BCUT2D eigenvalue weighted by atomic mass is 10.2. The Balaban J connectivity index is 1.47. The highest BCUT2D eigenvalue weighted by Gasteiger charge is 2.13. The van der Waals surface area contributed by atoms with Gasteiger partial charge in [-0.15, -0.1) is 10.2 Å². The highest BCUT2D eigenvalue weighted by molar-refractivity contribution is 9.10. The lowest BCUT2D eigenvalue weighted by Gasteiger charge is -2.07. The van der Waals surface area contributed by atoms with Gasteiger partial charge in [0, 0.05) is 28.8 Å². The molecule has 0 aliphatic rings. The Morgan fingerprint density at radius 2 is 2.04 bits per heavy atom. The first kappa shape index (κ1) is 20.2. The topological polar surface area (TPSA) is 95.1 Å². The number of rotatable bonds is 8. The summed E-state index contributed by atoms with van der Waals surface area (Å²) in [5.74, 6) is 8.00. The molecule has 0 saturated carbocycles. The molecule has 2 aromatic carbocycles. The Kier molecular flexibility index (Phi) is 6.94. The first-order valence-electron chi connectivity index (χ1n) is 8.55. The Bertz CT molecular complexity index is 946. The zero-order valence-corrected chi connectivity index (χ0v) is 17.7. The quantitative estimate of drug-likeness (QED) is 0.394. The number of aromatic nitrogens is 3. The van der Waals surface area contributed by atoms with Crippen LogP contribution in [0.2, 0.25) is 0 Å². The Morgan fingerprint density at radius 3 is 2.75 bits per heavy atom. The molecule has 28 heavy (non-hydrogen) atoms. The van der Waals surface area contributed by atoms with Crippen LogP contribution in [0, 0.1) is 0 Å². The van der Waals surface area contributed by atoms with Crippen LogP contribution in [0.1, 0.15) is 12.0 Å². The van der Waals surface area contributed by atoms with Crippen LogP contribution < -0.4 is 15.9 Å². The van der Waals surface area contributed by atoms with E-state index in [0.29, 0.717) is 29.7 Å². The lowest BCUT2D eigenvalue weighted by Crippen LogP contribution is -2.23. The molecule has 9 heteroatoms. The summed E-state index contributed by atoms with van der Waals surface area (Å²) in [4.78, 5) is 12.1. The normalized spacial score (nSPS) is 10.6. The maximum absolute atomic E-state index is 12.1. The van der Waals surface area contributed by atoms with Crippen LogP contribution in [-0.4, -0.2) is 33.6 Å². The number of hydrogen-bond acceptors (Lipinski definition) is 6. The first-order chi connectivity index (χ1) is 13.6. The lowest BCUT2D eigenvalue weighted by molar-refractivity contribution is -0.120. The molecule has 0 aliphatic heterocycles. The number of amides is 1. The Hall–Kier alpha value is -2.52. The molecule has 0 radical (unpaired) electrons. The van der Waals surface area contributed by atoms with Crippen molar-refractivity contribution >= 4 is 33.6 Å². The third-order valence-electron chi connectivity index (χ3n) is 3.96. The van der Waals surface area contributed by atoms with Gasteiger partial charge in [0.15, 0.2) is 5.82 Å². The predicted molar refractivity (Wildman–Crippen MR) is 113 cm³/mol. The summed E-state index contributed by atoms with van der Waals surface area (Å²) < 4.78 is 7.51. The minimum absolute atomic E-state index is 0.0291. The molecule has 3 rings (SSSR count). The van der Waals surface area contributed by atoms with Crippen molar-refractivity contribution < 1.29 is 9.53 Å². The van der Waals surface area contributed by atoms with Crippen LogP contribution in [0.4, 0.5) is 0 Å². The van der Waals surface area contributed by atoms with E-state index in [1.165, 1.54) is 16.4 Å². The van der Waals surface area contributed by atoms with E-state index in [9.17, 15) is 4.79 Å². The first-order valence-corrected chi connectivity index (χ1v) is 10.3.